The van der Waals surface area contributed by atoms with E-state index in [-0.39, 0.29) is 43.6 Å². The normalized spacial score (nSPS) is 12.6. The molecule has 252 valence electrons. The van der Waals surface area contributed by atoms with Gasteiger partial charge in [0.25, 0.3) is 5.91 Å². The number of aliphatic carboxylic acids is 1. The molecule has 0 aromatic carbocycles. The van der Waals surface area contributed by atoms with Crippen molar-refractivity contribution in [2.24, 2.45) is 11.7 Å². The molecule has 3 amide bonds. The van der Waals surface area contributed by atoms with Crippen LogP contribution >= 0.6 is 11.8 Å². The van der Waals surface area contributed by atoms with Gasteiger partial charge in [-0.25, -0.2) is 5.48 Å². The van der Waals surface area contributed by atoms with E-state index in [1.165, 1.54) is 5.48 Å². The first-order chi connectivity index (χ1) is 20.7. The molecule has 7 N–H and O–H groups in total. The highest BCUT2D eigenvalue weighted by Gasteiger charge is 2.24. The fourth-order valence-corrected chi connectivity index (χ4v) is 3.95. The minimum Gasteiger partial charge on any atom is -0.481 e. The van der Waals surface area contributed by atoms with E-state index in [2.05, 4.69) is 10.6 Å². The van der Waals surface area contributed by atoms with Crippen molar-refractivity contribution in [3.63, 3.8) is 0 Å². The zero-order valence-corrected chi connectivity index (χ0v) is 26.0. The van der Waals surface area contributed by atoms with Gasteiger partial charge in [0, 0.05) is 12.3 Å². The van der Waals surface area contributed by atoms with E-state index >= 15 is 0 Å². The number of rotatable bonds is 30. The Kier molecular flexibility index (Phi) is 27.3. The summed E-state index contributed by atoms with van der Waals surface area (Å²) in [5.41, 5.74) is 7.43. The van der Waals surface area contributed by atoms with Crippen LogP contribution in [0.5, 0.6) is 0 Å². The summed E-state index contributed by atoms with van der Waals surface area (Å²) in [7, 11) is 0. The molecule has 0 aliphatic carbocycles. The Hall–Kier alpha value is -2.09. The maximum Gasteiger partial charge on any atom is 0.305 e. The van der Waals surface area contributed by atoms with Gasteiger partial charge in [0.15, 0.2) is 0 Å². The third-order valence-electron chi connectivity index (χ3n) is 5.20. The highest BCUT2D eigenvalue weighted by Crippen LogP contribution is 2.06. The Labute approximate surface area is 257 Å². The molecule has 16 nitrogen and oxygen atoms in total. The third kappa shape index (κ3) is 27.2. The van der Waals surface area contributed by atoms with Gasteiger partial charge in [0.1, 0.15) is 6.04 Å². The zero-order chi connectivity index (χ0) is 32.1. The minimum atomic E-state index is -0.910. The average Bonchev–Trinajstić information content (AvgIpc) is 2.96. The number of thioether (sulfide) groups is 1. The Morgan fingerprint density at radius 2 is 1.21 bits per heavy atom. The number of ether oxygens (including phenoxy) is 6. The summed E-state index contributed by atoms with van der Waals surface area (Å²) in [5.74, 6) is -2.15. The number of carboxylic acids is 1. The molecule has 0 saturated heterocycles. The summed E-state index contributed by atoms with van der Waals surface area (Å²) in [6, 6.07) is -1.67. The maximum absolute atomic E-state index is 12.6. The molecule has 0 heterocycles. The van der Waals surface area contributed by atoms with E-state index in [1.54, 1.807) is 0 Å². The van der Waals surface area contributed by atoms with Gasteiger partial charge in [-0.2, -0.15) is 0 Å². The SMILES string of the molecule is CC(C)C[C@H](N)C(=O)N[C@@H](CSCC(=O)NO)C(=O)NCCOCCOCCOCCOCCOCCOCCC(=O)O. The standard InChI is InChI=1S/C26H50N4O12S/c1-20(2)17-21(27)25(34)29-22(18-43-19-23(31)30-36)26(35)28-4-6-38-8-10-40-12-14-42-16-15-41-13-11-39-9-7-37-5-3-24(32)33/h20-22,36H,3-19,27H2,1-2H3,(H,28,35)(H,29,34)(H,30,31)(H,32,33)/t21-,22-/m0/s1. The lowest BCUT2D eigenvalue weighted by Crippen LogP contribution is -2.53. The third-order valence-corrected chi connectivity index (χ3v) is 6.24. The predicted octanol–water partition coefficient (Wildman–Crippen LogP) is -1.23. The molecule has 0 radical (unpaired) electrons. The van der Waals surface area contributed by atoms with Gasteiger partial charge in [-0.1, -0.05) is 13.8 Å². The number of carboxylic acid groups (broad SMARTS) is 1. The fraction of sp³-hybridized carbons (Fsp3) is 0.846. The maximum atomic E-state index is 12.6. The number of carbonyl (C=O) groups is 4. The molecular weight excluding hydrogens is 592 g/mol. The number of nitrogens with two attached hydrogens (primary N) is 1. The highest BCUT2D eigenvalue weighted by molar-refractivity contribution is 8.00. The van der Waals surface area contributed by atoms with Crippen molar-refractivity contribution in [2.45, 2.75) is 38.8 Å². The van der Waals surface area contributed by atoms with Gasteiger partial charge in [0.2, 0.25) is 11.8 Å². The van der Waals surface area contributed by atoms with Crippen LogP contribution < -0.4 is 21.8 Å². The molecule has 0 aliphatic rings. The van der Waals surface area contributed by atoms with Crippen LogP contribution in [0.3, 0.4) is 0 Å². The molecule has 0 aliphatic heterocycles. The minimum absolute atomic E-state index is 0.0256. The van der Waals surface area contributed by atoms with E-state index in [1.807, 2.05) is 13.8 Å². The number of hydroxylamine groups is 1. The van der Waals surface area contributed by atoms with Crippen LogP contribution in [-0.4, -0.2) is 143 Å². The first-order valence-electron chi connectivity index (χ1n) is 14.2. The lowest BCUT2D eigenvalue weighted by molar-refractivity contribution is -0.138. The smallest absolute Gasteiger partial charge is 0.305 e. The fourth-order valence-electron chi connectivity index (χ4n) is 3.11. The Morgan fingerprint density at radius 1 is 0.744 bits per heavy atom. The quantitative estimate of drug-likeness (QED) is 0.0307. The summed E-state index contributed by atoms with van der Waals surface area (Å²) < 4.78 is 32.0. The van der Waals surface area contributed by atoms with Crippen LogP contribution in [0.1, 0.15) is 26.7 Å². The van der Waals surface area contributed by atoms with E-state index in [0.717, 1.165) is 11.8 Å². The van der Waals surface area contributed by atoms with Gasteiger partial charge in [-0.05, 0) is 12.3 Å². The van der Waals surface area contributed by atoms with Gasteiger partial charge < -0.3 is 49.9 Å². The van der Waals surface area contributed by atoms with Crippen molar-refractivity contribution in [3.8, 4) is 0 Å². The van der Waals surface area contributed by atoms with Crippen LogP contribution in [0, 0.1) is 5.92 Å². The van der Waals surface area contributed by atoms with Crippen LogP contribution in [0.4, 0.5) is 0 Å². The van der Waals surface area contributed by atoms with Crippen molar-refractivity contribution in [1.82, 2.24) is 16.1 Å². The number of nitrogens with one attached hydrogen (secondary N) is 3. The zero-order valence-electron chi connectivity index (χ0n) is 25.2. The second-order valence-corrected chi connectivity index (χ2v) is 10.5. The largest absolute Gasteiger partial charge is 0.481 e. The molecule has 0 bridgehead atoms. The van der Waals surface area contributed by atoms with Crippen LogP contribution in [0.15, 0.2) is 0 Å². The highest BCUT2D eigenvalue weighted by atomic mass is 32.2. The molecular formula is C26H50N4O12S. The van der Waals surface area contributed by atoms with Crippen LogP contribution in [0.25, 0.3) is 0 Å². The number of hydrogen-bond donors (Lipinski definition) is 6. The lowest BCUT2D eigenvalue weighted by Gasteiger charge is -2.21. The van der Waals surface area contributed by atoms with E-state index in [4.69, 9.17) is 44.5 Å². The Morgan fingerprint density at radius 3 is 1.65 bits per heavy atom. The molecule has 0 rings (SSSR count). The summed E-state index contributed by atoms with van der Waals surface area (Å²) in [6.45, 7) is 8.30. The molecule has 0 unspecified atom stereocenters. The summed E-state index contributed by atoms with van der Waals surface area (Å²) in [4.78, 5) is 46.6. The van der Waals surface area contributed by atoms with E-state index in [9.17, 15) is 19.2 Å². The summed E-state index contributed by atoms with van der Waals surface area (Å²) in [6.07, 6.45) is 0.438. The molecule has 0 aromatic rings. The van der Waals surface area contributed by atoms with Crippen LogP contribution in [0.2, 0.25) is 0 Å². The summed E-state index contributed by atoms with van der Waals surface area (Å²) >= 11 is 1.08. The van der Waals surface area contributed by atoms with Crippen molar-refractivity contribution in [3.05, 3.63) is 0 Å². The Bertz CT molecular complexity index is 751. The van der Waals surface area contributed by atoms with Gasteiger partial charge in [-0.15, -0.1) is 11.8 Å². The van der Waals surface area contributed by atoms with Gasteiger partial charge in [-0.3, -0.25) is 24.4 Å². The van der Waals surface area contributed by atoms with Crippen LogP contribution in [-0.2, 0) is 47.6 Å². The monoisotopic (exact) mass is 642 g/mol. The van der Waals surface area contributed by atoms with Gasteiger partial charge in [0.05, 0.1) is 97.5 Å². The van der Waals surface area contributed by atoms with E-state index < -0.39 is 35.8 Å². The molecule has 43 heavy (non-hydrogen) atoms. The number of hydrogen-bond acceptors (Lipinski definition) is 13. The van der Waals surface area contributed by atoms with Crippen molar-refractivity contribution < 1.29 is 57.9 Å². The Balaban J connectivity index is 3.80. The molecule has 0 spiro atoms. The molecule has 17 heteroatoms. The first-order valence-corrected chi connectivity index (χ1v) is 15.3. The number of amides is 3. The molecule has 0 fully saturated rings. The average molecular weight is 643 g/mol. The second kappa shape index (κ2) is 28.7. The van der Waals surface area contributed by atoms with Crippen molar-refractivity contribution in [1.29, 1.82) is 0 Å². The topological polar surface area (TPSA) is 226 Å². The second-order valence-electron chi connectivity index (χ2n) is 9.46. The predicted molar refractivity (Wildman–Crippen MR) is 157 cm³/mol. The lowest BCUT2D eigenvalue weighted by atomic mass is 10.0. The summed E-state index contributed by atoms with van der Waals surface area (Å²) in [5, 5.41) is 22.4. The molecule has 2 atom stereocenters. The number of carbonyl (C=O) groups excluding carboxylic acids is 3. The van der Waals surface area contributed by atoms with Gasteiger partial charge >= 0.3 is 5.97 Å². The first kappa shape index (κ1) is 40.9. The van der Waals surface area contributed by atoms with E-state index in [0.29, 0.717) is 72.5 Å². The van der Waals surface area contributed by atoms with Crippen molar-refractivity contribution in [2.75, 3.05) is 97.3 Å². The van der Waals surface area contributed by atoms with Crippen molar-refractivity contribution >= 4 is 35.5 Å². The molecule has 0 aromatic heterocycles. The molecule has 0 saturated carbocycles.